The molecule has 5 nitrogen and oxygen atoms in total. The van der Waals surface area contributed by atoms with E-state index in [1.807, 2.05) is 11.8 Å². The molecule has 1 aliphatic heterocycles. The summed E-state index contributed by atoms with van der Waals surface area (Å²) in [6.07, 6.45) is 10.7. The monoisotopic (exact) mass is 320 g/mol. The predicted octanol–water partition coefficient (Wildman–Crippen LogP) is 1.18. The van der Waals surface area contributed by atoms with Gasteiger partial charge in [0.05, 0.1) is 0 Å². The molecular weight excluding hydrogens is 303 g/mol. The van der Waals surface area contributed by atoms with Gasteiger partial charge in [-0.15, -0.1) is 0 Å². The number of fused-ring (bicyclic) bond motifs is 1. The van der Waals surface area contributed by atoms with Crippen molar-refractivity contribution in [1.29, 1.82) is 0 Å². The van der Waals surface area contributed by atoms with Crippen LogP contribution >= 0.6 is 11.8 Å². The van der Waals surface area contributed by atoms with Crippen LogP contribution in [0.15, 0.2) is 35.6 Å². The number of halogens is 1. The molecule has 1 unspecified atom stereocenters. The maximum absolute atomic E-state index is 10.6. The Morgan fingerprint density at radius 2 is 2.05 bits per heavy atom. The fraction of sp³-hybridized carbons (Fsp3) is 0.417. The van der Waals surface area contributed by atoms with Crippen molar-refractivity contribution in [2.24, 2.45) is 0 Å². The molecule has 112 valence electrons. The third-order valence-corrected chi connectivity index (χ3v) is 3.81. The van der Waals surface area contributed by atoms with E-state index in [0.717, 1.165) is 0 Å². The fourth-order valence-corrected chi connectivity index (χ4v) is 2.33. The zero-order valence-corrected chi connectivity index (χ0v) is 13.1. The minimum atomic E-state index is -4.58. The minimum Gasteiger partial charge on any atom is -0.746 e. The third-order valence-electron chi connectivity index (χ3n) is 2.66. The van der Waals surface area contributed by atoms with Crippen LogP contribution in [-0.2, 0) is 10.1 Å². The Morgan fingerprint density at radius 3 is 2.55 bits per heavy atom. The van der Waals surface area contributed by atoms with Crippen molar-refractivity contribution < 1.29 is 21.9 Å². The summed E-state index contributed by atoms with van der Waals surface area (Å²) in [7, 11) is -2.46. The summed E-state index contributed by atoms with van der Waals surface area (Å²) >= 11 is 1.81. The molecule has 0 saturated heterocycles. The van der Waals surface area contributed by atoms with Crippen molar-refractivity contribution in [3.63, 3.8) is 0 Å². The highest BCUT2D eigenvalue weighted by molar-refractivity contribution is 7.99. The molecule has 0 radical (unpaired) electrons. The molecule has 0 bridgehead atoms. The average molecular weight is 320 g/mol. The Morgan fingerprint density at radius 1 is 1.45 bits per heavy atom. The maximum Gasteiger partial charge on any atom is 0.275 e. The van der Waals surface area contributed by atoms with Crippen LogP contribution in [0, 0.1) is 0 Å². The number of hydrogen-bond donors (Lipinski definition) is 1. The van der Waals surface area contributed by atoms with Crippen LogP contribution in [0.3, 0.4) is 0 Å². The lowest BCUT2D eigenvalue weighted by Crippen LogP contribution is -2.25. The van der Waals surface area contributed by atoms with Gasteiger partial charge in [0, 0.05) is 6.08 Å². The van der Waals surface area contributed by atoms with Crippen LogP contribution in [0.1, 0.15) is 6.92 Å². The Kier molecular flexibility index (Phi) is 5.97. The smallest absolute Gasteiger partial charge is 0.275 e. The first-order chi connectivity index (χ1) is 9.28. The highest BCUT2D eigenvalue weighted by atomic mass is 32.2. The summed E-state index contributed by atoms with van der Waals surface area (Å²) in [6, 6.07) is -1.81. The second kappa shape index (κ2) is 7.05. The molecule has 0 aromatic carbocycles. The van der Waals surface area contributed by atoms with Crippen molar-refractivity contribution in [2.75, 3.05) is 19.3 Å². The fourth-order valence-electron chi connectivity index (χ4n) is 1.66. The van der Waals surface area contributed by atoms with Crippen molar-refractivity contribution in [2.45, 2.75) is 12.4 Å². The molecule has 1 atom stereocenters. The molecule has 2 rings (SSSR count). The van der Waals surface area contributed by atoms with Crippen LogP contribution < -0.4 is 5.32 Å². The number of thioether (sulfide) groups is 1. The van der Waals surface area contributed by atoms with Gasteiger partial charge >= 0.3 is 0 Å². The van der Waals surface area contributed by atoms with Gasteiger partial charge in [0.1, 0.15) is 22.9 Å². The van der Waals surface area contributed by atoms with Crippen LogP contribution in [0.2, 0.25) is 0 Å². The van der Waals surface area contributed by atoms with Gasteiger partial charge in [0.2, 0.25) is 5.71 Å². The van der Waals surface area contributed by atoms with Crippen LogP contribution in [-0.4, -0.2) is 48.1 Å². The molecule has 0 amide bonds. The van der Waals surface area contributed by atoms with Gasteiger partial charge in [-0.25, -0.2) is 12.8 Å². The molecule has 1 N–H and O–H groups in total. The van der Waals surface area contributed by atoms with E-state index in [-0.39, 0.29) is 0 Å². The first-order valence-electron chi connectivity index (χ1n) is 5.74. The molecule has 0 spiro atoms. The Hall–Kier alpha value is -1.12. The number of nitrogens with one attached hydrogen (secondary N) is 1. The van der Waals surface area contributed by atoms with Gasteiger partial charge in [-0.1, -0.05) is 29.5 Å². The highest BCUT2D eigenvalue weighted by Crippen LogP contribution is 2.18. The lowest BCUT2D eigenvalue weighted by atomic mass is 10.2. The van der Waals surface area contributed by atoms with E-state index in [1.54, 1.807) is 0 Å². The predicted molar refractivity (Wildman–Crippen MR) is 78.3 cm³/mol. The van der Waals surface area contributed by atoms with Crippen LogP contribution in [0.25, 0.3) is 0 Å². The van der Waals surface area contributed by atoms with Gasteiger partial charge in [0.15, 0.2) is 6.01 Å². The molecule has 0 saturated carbocycles. The highest BCUT2D eigenvalue weighted by Gasteiger charge is 2.31. The molecule has 0 fully saturated rings. The summed E-state index contributed by atoms with van der Waals surface area (Å²) < 4.78 is 40.1. The summed E-state index contributed by atoms with van der Waals surface area (Å²) in [5.41, 5.74) is 4.15. The van der Waals surface area contributed by atoms with E-state index in [0.29, 0.717) is 5.50 Å². The van der Waals surface area contributed by atoms with Crippen molar-refractivity contribution in [3.05, 3.63) is 35.6 Å². The first-order valence-corrected chi connectivity index (χ1v) is 8.60. The van der Waals surface area contributed by atoms with E-state index in [4.69, 9.17) is 13.0 Å². The number of allylic oxidation sites excluding steroid dienone is 5. The van der Waals surface area contributed by atoms with E-state index >= 15 is 0 Å². The zero-order valence-electron chi connectivity index (χ0n) is 11.5. The minimum absolute atomic E-state index is 0.368. The van der Waals surface area contributed by atoms with E-state index < -0.39 is 16.1 Å². The number of nitrogens with zero attached hydrogens (tertiary/aromatic N) is 1. The van der Waals surface area contributed by atoms with Crippen LogP contribution in [0.4, 0.5) is 4.39 Å². The SMILES string of the molecule is CSC1NC2=CC=C(C)C=CC2=[N+]1C.O=S(=O)([O-])CF. The Balaban J connectivity index is 0.000000286. The molecule has 1 heterocycles. The largest absolute Gasteiger partial charge is 0.746 e. The average Bonchev–Trinajstić information content (AvgIpc) is 2.57. The summed E-state index contributed by atoms with van der Waals surface area (Å²) in [5, 5.41) is 3.47. The molecular formula is C12H17FN2O3S2. The normalized spacial score (nSPS) is 21.1. The van der Waals surface area contributed by atoms with E-state index in [1.165, 1.54) is 17.0 Å². The van der Waals surface area contributed by atoms with Crippen molar-refractivity contribution in [1.82, 2.24) is 5.32 Å². The summed E-state index contributed by atoms with van der Waals surface area (Å²) in [4.78, 5) is 0. The summed E-state index contributed by atoms with van der Waals surface area (Å²) in [6.45, 7) is 2.11. The molecule has 8 heteroatoms. The van der Waals surface area contributed by atoms with Crippen LogP contribution in [0.5, 0.6) is 0 Å². The zero-order chi connectivity index (χ0) is 15.3. The molecule has 0 aromatic rings. The lowest BCUT2D eigenvalue weighted by molar-refractivity contribution is -0.506. The second-order valence-corrected chi connectivity index (χ2v) is 6.47. The quantitative estimate of drug-likeness (QED) is 0.611. The number of alkyl halides is 1. The number of rotatable bonds is 2. The molecule has 20 heavy (non-hydrogen) atoms. The molecule has 1 aliphatic carbocycles. The third kappa shape index (κ3) is 4.77. The van der Waals surface area contributed by atoms with Gasteiger partial charge in [-0.2, -0.15) is 4.58 Å². The number of hydrogen-bond acceptors (Lipinski definition) is 5. The molecule has 2 aliphatic rings. The van der Waals surface area contributed by atoms with Gasteiger partial charge in [-0.05, 0) is 19.3 Å². The van der Waals surface area contributed by atoms with Gasteiger partial charge in [0.25, 0.3) is 5.50 Å². The first kappa shape index (κ1) is 16.9. The second-order valence-electron chi connectivity index (χ2n) is 4.22. The van der Waals surface area contributed by atoms with Gasteiger partial charge < -0.3 is 9.87 Å². The molecule has 0 aromatic heterocycles. The lowest BCUT2D eigenvalue weighted by Gasteiger charge is -2.02. The standard InChI is InChI=1S/C11H14N2S.CH3FO3S/c1-8-4-6-9-10(7-5-8)13(2)11(12-9)14-3;2-1-6(3,4)5/h4-7,11H,1-3H3;1H2,(H,3,4,5). The summed E-state index contributed by atoms with van der Waals surface area (Å²) in [5.74, 6) is 0. The topological polar surface area (TPSA) is 72.2 Å². The van der Waals surface area contributed by atoms with E-state index in [2.05, 4.69) is 54.4 Å². The van der Waals surface area contributed by atoms with E-state index in [9.17, 15) is 4.39 Å². The van der Waals surface area contributed by atoms with Crippen molar-refractivity contribution >= 4 is 27.6 Å². The Labute approximate surface area is 122 Å². The Bertz CT molecular complexity index is 592. The van der Waals surface area contributed by atoms with Gasteiger partial charge in [-0.3, -0.25) is 0 Å². The van der Waals surface area contributed by atoms with Crippen molar-refractivity contribution in [3.8, 4) is 0 Å². The maximum atomic E-state index is 10.6.